The summed E-state index contributed by atoms with van der Waals surface area (Å²) in [6.07, 6.45) is 6.96. The average molecular weight is 520 g/mol. The van der Waals surface area contributed by atoms with Crippen molar-refractivity contribution in [3.63, 3.8) is 0 Å². The molecule has 2 aromatic heterocycles. The van der Waals surface area contributed by atoms with Crippen molar-refractivity contribution in [2.75, 3.05) is 43.5 Å². The van der Waals surface area contributed by atoms with Crippen LogP contribution in [0.4, 0.5) is 15.8 Å². The zero-order valence-electron chi connectivity index (χ0n) is 22.3. The molecule has 1 unspecified atom stereocenters. The molecule has 200 valence electrons. The number of piperazine rings is 1. The van der Waals surface area contributed by atoms with Gasteiger partial charge in [-0.25, -0.2) is 9.37 Å². The number of hydrogen-bond donors (Lipinski definition) is 1. The first kappa shape index (κ1) is 25.8. The fourth-order valence-corrected chi connectivity index (χ4v) is 5.08. The first-order valence-electron chi connectivity index (χ1n) is 13.0. The molecule has 1 saturated heterocycles. The highest BCUT2D eigenvalue weighted by atomic mass is 19.1. The summed E-state index contributed by atoms with van der Waals surface area (Å²) < 4.78 is 20.1. The molecule has 9 nitrogen and oxygen atoms in total. The van der Waals surface area contributed by atoms with Crippen molar-refractivity contribution in [2.45, 2.75) is 32.7 Å². The van der Waals surface area contributed by atoms with Crippen LogP contribution < -0.4 is 15.0 Å². The second-order valence-corrected chi connectivity index (χ2v) is 10.2. The molecule has 1 saturated carbocycles. The Bertz CT molecular complexity index is 1450. The monoisotopic (exact) mass is 519 g/mol. The lowest BCUT2D eigenvalue weighted by molar-refractivity contribution is -0.105. The molecule has 1 amide bonds. The van der Waals surface area contributed by atoms with Crippen molar-refractivity contribution < 1.29 is 13.9 Å². The zero-order valence-corrected chi connectivity index (χ0v) is 22.3. The minimum Gasteiger partial charge on any atom is -0.467 e. The first-order valence-corrected chi connectivity index (χ1v) is 13.0. The number of fused-ring (bicyclic) bond motifs is 2. The van der Waals surface area contributed by atoms with Crippen LogP contribution in [-0.4, -0.2) is 70.4 Å². The standard InChI is InChI=1S/C19H26N4O.C9H8FN3O/c1-13-4-7-17(16-10-20-19(24-3)21-18(13)16)23-9-8-22(14(2)11-23)12-15-5-6-15;1-13-4-6-2-7(11-5-14)3-8(10)9(6)12-13/h4,7,10,14-15H,5-6,8-9,11-12H2,1-3H3;2-5H,1H3,(H,11,14). The molecule has 4 aromatic rings. The quantitative estimate of drug-likeness (QED) is 0.383. The lowest BCUT2D eigenvalue weighted by Gasteiger charge is -2.41. The molecule has 2 fully saturated rings. The summed E-state index contributed by atoms with van der Waals surface area (Å²) in [5, 5.41) is 8.12. The minimum atomic E-state index is -0.438. The van der Waals surface area contributed by atoms with Crippen molar-refractivity contribution >= 4 is 39.6 Å². The van der Waals surface area contributed by atoms with E-state index in [1.165, 1.54) is 35.8 Å². The molecule has 2 aliphatic rings. The van der Waals surface area contributed by atoms with Crippen LogP contribution in [0.1, 0.15) is 25.3 Å². The Kier molecular flexibility index (Phi) is 7.42. The van der Waals surface area contributed by atoms with Gasteiger partial charge in [0, 0.05) is 73.8 Å². The number of aromatic nitrogens is 4. The fraction of sp³-hybridized carbons (Fsp3) is 0.429. The third kappa shape index (κ3) is 5.55. The van der Waals surface area contributed by atoms with Crippen LogP contribution in [0.25, 0.3) is 21.8 Å². The van der Waals surface area contributed by atoms with Crippen molar-refractivity contribution in [2.24, 2.45) is 13.0 Å². The number of rotatable bonds is 6. The molecular weight excluding hydrogens is 485 g/mol. The Balaban J connectivity index is 0.000000179. The Morgan fingerprint density at radius 2 is 2.03 bits per heavy atom. The smallest absolute Gasteiger partial charge is 0.316 e. The Morgan fingerprint density at radius 1 is 1.21 bits per heavy atom. The number of halogens is 1. The van der Waals surface area contributed by atoms with Crippen LogP contribution in [0.3, 0.4) is 0 Å². The molecule has 0 bridgehead atoms. The predicted molar refractivity (Wildman–Crippen MR) is 147 cm³/mol. The van der Waals surface area contributed by atoms with Crippen molar-refractivity contribution in [1.29, 1.82) is 0 Å². The maximum Gasteiger partial charge on any atom is 0.316 e. The maximum absolute atomic E-state index is 13.4. The zero-order chi connectivity index (χ0) is 26.8. The topological polar surface area (TPSA) is 88.4 Å². The van der Waals surface area contributed by atoms with Gasteiger partial charge < -0.3 is 15.0 Å². The number of carbonyl (C=O) groups is 1. The molecule has 0 spiro atoms. The third-order valence-corrected chi connectivity index (χ3v) is 7.29. The van der Waals surface area contributed by atoms with E-state index in [9.17, 15) is 9.18 Å². The Morgan fingerprint density at radius 3 is 2.74 bits per heavy atom. The second-order valence-electron chi connectivity index (χ2n) is 10.2. The Hall–Kier alpha value is -3.79. The van der Waals surface area contributed by atoms with E-state index in [-0.39, 0.29) is 0 Å². The van der Waals surface area contributed by atoms with Crippen LogP contribution in [-0.2, 0) is 11.8 Å². The van der Waals surface area contributed by atoms with Crippen molar-refractivity contribution in [3.8, 4) is 6.01 Å². The lowest BCUT2D eigenvalue weighted by atomic mass is 10.1. The van der Waals surface area contributed by atoms with Gasteiger partial charge in [0.25, 0.3) is 0 Å². The Labute approximate surface area is 221 Å². The number of nitrogens with zero attached hydrogens (tertiary/aromatic N) is 6. The number of aryl methyl sites for hydroxylation is 2. The van der Waals surface area contributed by atoms with Gasteiger partial charge in [-0.15, -0.1) is 0 Å². The van der Waals surface area contributed by atoms with Crippen molar-refractivity contribution in [1.82, 2.24) is 24.6 Å². The normalized spacial score (nSPS) is 17.8. The van der Waals surface area contributed by atoms with E-state index in [1.807, 2.05) is 6.20 Å². The van der Waals surface area contributed by atoms with E-state index in [0.29, 0.717) is 35.1 Å². The number of anilines is 2. The van der Waals surface area contributed by atoms with E-state index in [0.717, 1.165) is 42.0 Å². The van der Waals surface area contributed by atoms with Gasteiger partial charge in [-0.3, -0.25) is 14.4 Å². The molecule has 3 heterocycles. The van der Waals surface area contributed by atoms with Gasteiger partial charge in [0.05, 0.1) is 12.6 Å². The summed E-state index contributed by atoms with van der Waals surface area (Å²) in [5.41, 5.74) is 4.14. The van der Waals surface area contributed by atoms with Crippen LogP contribution in [0.2, 0.25) is 0 Å². The van der Waals surface area contributed by atoms with Crippen molar-refractivity contribution in [3.05, 3.63) is 48.0 Å². The van der Waals surface area contributed by atoms with Gasteiger partial charge in [-0.05, 0) is 56.4 Å². The third-order valence-electron chi connectivity index (χ3n) is 7.29. The van der Waals surface area contributed by atoms with Gasteiger partial charge in [0.1, 0.15) is 5.52 Å². The van der Waals surface area contributed by atoms with E-state index in [1.54, 1.807) is 26.4 Å². The summed E-state index contributed by atoms with van der Waals surface area (Å²) in [4.78, 5) is 24.2. The first-order chi connectivity index (χ1) is 18.4. The summed E-state index contributed by atoms with van der Waals surface area (Å²) in [5.74, 6) is 0.521. The maximum atomic E-state index is 13.4. The van der Waals surface area contributed by atoms with E-state index in [2.05, 4.69) is 56.2 Å². The molecule has 6 rings (SSSR count). The van der Waals surface area contributed by atoms with Crippen LogP contribution >= 0.6 is 0 Å². The molecule has 1 atom stereocenters. The molecular formula is C28H34FN7O2. The number of carbonyl (C=O) groups excluding carboxylic acids is 1. The minimum absolute atomic E-state index is 0.309. The highest BCUT2D eigenvalue weighted by Gasteiger charge is 2.30. The summed E-state index contributed by atoms with van der Waals surface area (Å²) in [7, 11) is 3.33. The fourth-order valence-electron chi connectivity index (χ4n) is 5.08. The summed E-state index contributed by atoms with van der Waals surface area (Å²) in [6, 6.07) is 8.31. The van der Waals surface area contributed by atoms with Gasteiger partial charge >= 0.3 is 6.01 Å². The number of methoxy groups -OCH3 is 1. The summed E-state index contributed by atoms with van der Waals surface area (Å²) in [6.45, 7) is 9.01. The van der Waals surface area contributed by atoms with E-state index in [4.69, 9.17) is 4.74 Å². The summed E-state index contributed by atoms with van der Waals surface area (Å²) >= 11 is 0. The number of nitrogens with one attached hydrogen (secondary N) is 1. The predicted octanol–water partition coefficient (Wildman–Crippen LogP) is 4.15. The van der Waals surface area contributed by atoms with Crippen LogP contribution in [0.15, 0.2) is 36.7 Å². The number of benzene rings is 2. The van der Waals surface area contributed by atoms with Gasteiger partial charge in [-0.1, -0.05) is 6.07 Å². The number of amides is 1. The molecule has 38 heavy (non-hydrogen) atoms. The van der Waals surface area contributed by atoms with Gasteiger partial charge in [0.2, 0.25) is 6.41 Å². The highest BCUT2D eigenvalue weighted by molar-refractivity contribution is 5.93. The van der Waals surface area contributed by atoms with E-state index >= 15 is 0 Å². The van der Waals surface area contributed by atoms with Gasteiger partial charge in [0.15, 0.2) is 5.82 Å². The average Bonchev–Trinajstić information content (AvgIpc) is 3.64. The second kappa shape index (κ2) is 10.9. The molecule has 2 aromatic carbocycles. The number of ether oxygens (including phenoxy) is 1. The van der Waals surface area contributed by atoms with E-state index < -0.39 is 5.82 Å². The number of hydrogen-bond acceptors (Lipinski definition) is 7. The van der Waals surface area contributed by atoms with Gasteiger partial charge in [-0.2, -0.15) is 10.1 Å². The molecule has 1 aliphatic carbocycles. The molecule has 10 heteroatoms. The molecule has 0 radical (unpaired) electrons. The molecule has 1 aliphatic heterocycles. The SMILES string of the molecule is COc1ncc2c(N3CCN(CC4CC4)C(C)C3)ccc(C)c2n1.Cn1cc2cc(NC=O)cc(F)c2n1. The van der Waals surface area contributed by atoms with Crippen LogP contribution in [0.5, 0.6) is 6.01 Å². The van der Waals surface area contributed by atoms with Crippen LogP contribution in [0, 0.1) is 18.7 Å². The largest absolute Gasteiger partial charge is 0.467 e. The highest BCUT2D eigenvalue weighted by Crippen LogP contribution is 2.33. The molecule has 1 N–H and O–H groups in total. The lowest BCUT2D eigenvalue weighted by Crippen LogP contribution is -2.52.